The van der Waals surface area contributed by atoms with E-state index in [0.717, 1.165) is 47.4 Å². The minimum Gasteiger partial charge on any atom is -0.481 e. The standard InChI is InChI=1S/C27H31N3O3S/c1-19-10-6-7-13-22(19)27(17-14-23(31)32,21-11-4-3-5-12-21)18-26(15-8-9-16-26)24(33)28-25-30-29-20(2)34-25/h3-7,10-13H,8-9,14-18H2,1-2H3,(H,31,32)(H,28,30,33). The third kappa shape index (κ3) is 4.89. The van der Waals surface area contributed by atoms with Crippen LogP contribution in [-0.2, 0) is 15.0 Å². The number of aliphatic carboxylic acids is 1. The molecule has 4 rings (SSSR count). The number of carbonyl (C=O) groups excluding carboxylic acids is 1. The van der Waals surface area contributed by atoms with Gasteiger partial charge in [0.25, 0.3) is 0 Å². The van der Waals surface area contributed by atoms with E-state index in [1.54, 1.807) is 0 Å². The topological polar surface area (TPSA) is 92.2 Å². The SMILES string of the molecule is Cc1nnc(NC(=O)C2(CC(CCC(=O)O)(c3ccccc3)c3ccccc3C)CCCC2)s1. The van der Waals surface area contributed by atoms with Crippen LogP contribution in [0.15, 0.2) is 54.6 Å². The number of carbonyl (C=O) groups is 2. The van der Waals surface area contributed by atoms with Gasteiger partial charge in [-0.1, -0.05) is 78.8 Å². The van der Waals surface area contributed by atoms with Gasteiger partial charge in [-0.05, 0) is 56.2 Å². The van der Waals surface area contributed by atoms with E-state index in [9.17, 15) is 14.7 Å². The first-order valence-electron chi connectivity index (χ1n) is 11.8. The molecule has 1 saturated carbocycles. The summed E-state index contributed by atoms with van der Waals surface area (Å²) in [5, 5.41) is 22.2. The summed E-state index contributed by atoms with van der Waals surface area (Å²) in [6.45, 7) is 3.93. The molecule has 2 aromatic carbocycles. The number of benzene rings is 2. The molecular formula is C27H31N3O3S. The van der Waals surface area contributed by atoms with Crippen molar-refractivity contribution in [2.45, 2.75) is 64.2 Å². The number of nitrogens with one attached hydrogen (secondary N) is 1. The minimum absolute atomic E-state index is 0.0243. The number of nitrogens with zero attached hydrogens (tertiary/aromatic N) is 2. The molecule has 1 fully saturated rings. The lowest BCUT2D eigenvalue weighted by Gasteiger charge is -2.43. The molecular weight excluding hydrogens is 446 g/mol. The van der Waals surface area contributed by atoms with E-state index in [1.165, 1.54) is 11.3 Å². The van der Waals surface area contributed by atoms with Gasteiger partial charge in [-0.15, -0.1) is 10.2 Å². The number of amides is 1. The zero-order chi connectivity index (χ0) is 24.2. The van der Waals surface area contributed by atoms with E-state index in [0.29, 0.717) is 18.0 Å². The third-order valence-electron chi connectivity index (χ3n) is 7.18. The van der Waals surface area contributed by atoms with Gasteiger partial charge in [0.1, 0.15) is 5.01 Å². The lowest BCUT2D eigenvalue weighted by Crippen LogP contribution is -2.42. The van der Waals surface area contributed by atoms with Crippen LogP contribution in [0.3, 0.4) is 0 Å². The molecule has 1 heterocycles. The number of carboxylic acid groups (broad SMARTS) is 1. The number of aryl methyl sites for hydroxylation is 2. The van der Waals surface area contributed by atoms with Crippen LogP contribution in [0.4, 0.5) is 5.13 Å². The minimum atomic E-state index is -0.830. The highest BCUT2D eigenvalue weighted by molar-refractivity contribution is 7.15. The molecule has 0 aliphatic heterocycles. The second kappa shape index (κ2) is 10.1. The van der Waals surface area contributed by atoms with Crippen LogP contribution in [0.1, 0.15) is 66.6 Å². The summed E-state index contributed by atoms with van der Waals surface area (Å²) in [5.74, 6) is -0.867. The summed E-state index contributed by atoms with van der Waals surface area (Å²) in [7, 11) is 0. The maximum atomic E-state index is 13.8. The fraction of sp³-hybridized carbons (Fsp3) is 0.407. The lowest BCUT2D eigenvalue weighted by atomic mass is 9.60. The Kier molecular flexibility index (Phi) is 7.12. The van der Waals surface area contributed by atoms with Gasteiger partial charge in [-0.3, -0.25) is 9.59 Å². The van der Waals surface area contributed by atoms with E-state index in [4.69, 9.17) is 0 Å². The molecule has 1 atom stereocenters. The van der Waals surface area contributed by atoms with Crippen molar-refractivity contribution in [3.63, 3.8) is 0 Å². The second-order valence-corrected chi connectivity index (χ2v) is 10.6. The molecule has 1 aliphatic carbocycles. The van der Waals surface area contributed by atoms with E-state index in [-0.39, 0.29) is 12.3 Å². The first-order valence-corrected chi connectivity index (χ1v) is 12.6. The van der Waals surface area contributed by atoms with Gasteiger partial charge in [-0.25, -0.2) is 0 Å². The van der Waals surface area contributed by atoms with Gasteiger partial charge in [-0.2, -0.15) is 0 Å². The van der Waals surface area contributed by atoms with Crippen LogP contribution >= 0.6 is 11.3 Å². The van der Waals surface area contributed by atoms with Gasteiger partial charge in [0.15, 0.2) is 0 Å². The largest absolute Gasteiger partial charge is 0.481 e. The summed E-state index contributed by atoms with van der Waals surface area (Å²) >= 11 is 1.37. The monoisotopic (exact) mass is 477 g/mol. The van der Waals surface area contributed by atoms with Gasteiger partial charge in [0.05, 0.1) is 5.41 Å². The summed E-state index contributed by atoms with van der Waals surface area (Å²) in [6, 6.07) is 18.3. The first-order chi connectivity index (χ1) is 16.3. The average molecular weight is 478 g/mol. The Labute approximate surface area is 204 Å². The highest BCUT2D eigenvalue weighted by Crippen LogP contribution is 2.53. The molecule has 6 nitrogen and oxygen atoms in total. The lowest BCUT2D eigenvalue weighted by molar-refractivity contribution is -0.137. The fourth-order valence-electron chi connectivity index (χ4n) is 5.60. The average Bonchev–Trinajstić information content (AvgIpc) is 3.47. The first kappa shape index (κ1) is 24.1. The maximum absolute atomic E-state index is 13.8. The molecule has 7 heteroatoms. The zero-order valence-electron chi connectivity index (χ0n) is 19.7. The molecule has 0 spiro atoms. The fourth-order valence-corrected chi connectivity index (χ4v) is 6.18. The number of hydrogen-bond acceptors (Lipinski definition) is 5. The number of carboxylic acids is 1. The van der Waals surface area contributed by atoms with Crippen LogP contribution in [0, 0.1) is 19.3 Å². The maximum Gasteiger partial charge on any atom is 0.303 e. The van der Waals surface area contributed by atoms with Crippen molar-refractivity contribution >= 4 is 28.3 Å². The van der Waals surface area contributed by atoms with Crippen molar-refractivity contribution in [1.82, 2.24) is 10.2 Å². The summed E-state index contributed by atoms with van der Waals surface area (Å²) in [6.07, 6.45) is 4.47. The van der Waals surface area contributed by atoms with Crippen molar-refractivity contribution in [2.75, 3.05) is 5.32 Å². The van der Waals surface area contributed by atoms with Crippen LogP contribution in [0.25, 0.3) is 0 Å². The highest BCUT2D eigenvalue weighted by Gasteiger charge is 2.49. The van der Waals surface area contributed by atoms with Crippen molar-refractivity contribution in [2.24, 2.45) is 5.41 Å². The molecule has 0 radical (unpaired) electrons. The van der Waals surface area contributed by atoms with Crippen molar-refractivity contribution in [3.8, 4) is 0 Å². The van der Waals surface area contributed by atoms with Crippen molar-refractivity contribution < 1.29 is 14.7 Å². The van der Waals surface area contributed by atoms with E-state index < -0.39 is 16.8 Å². The van der Waals surface area contributed by atoms with Gasteiger partial charge >= 0.3 is 5.97 Å². The number of rotatable bonds is 9. The van der Waals surface area contributed by atoms with Crippen molar-refractivity contribution in [1.29, 1.82) is 0 Å². The summed E-state index contributed by atoms with van der Waals surface area (Å²) in [4.78, 5) is 25.6. The third-order valence-corrected chi connectivity index (χ3v) is 7.94. The smallest absolute Gasteiger partial charge is 0.303 e. The summed E-state index contributed by atoms with van der Waals surface area (Å²) in [5.41, 5.74) is 2.02. The van der Waals surface area contributed by atoms with Crippen LogP contribution < -0.4 is 5.32 Å². The molecule has 3 aromatic rings. The Morgan fingerprint density at radius 1 is 1.03 bits per heavy atom. The molecule has 34 heavy (non-hydrogen) atoms. The Bertz CT molecular complexity index is 1150. The molecule has 1 aliphatic rings. The van der Waals surface area contributed by atoms with E-state index >= 15 is 0 Å². The van der Waals surface area contributed by atoms with Gasteiger partial charge in [0, 0.05) is 11.8 Å². The molecule has 178 valence electrons. The Morgan fingerprint density at radius 3 is 2.32 bits per heavy atom. The number of hydrogen-bond donors (Lipinski definition) is 2. The molecule has 2 N–H and O–H groups in total. The van der Waals surface area contributed by atoms with Crippen LogP contribution in [0.2, 0.25) is 0 Å². The van der Waals surface area contributed by atoms with E-state index in [2.05, 4.69) is 46.7 Å². The zero-order valence-corrected chi connectivity index (χ0v) is 20.5. The molecule has 0 bridgehead atoms. The highest BCUT2D eigenvalue weighted by atomic mass is 32.1. The normalized spacial score (nSPS) is 16.6. The van der Waals surface area contributed by atoms with Gasteiger partial charge in [0.2, 0.25) is 11.0 Å². The second-order valence-electron chi connectivity index (χ2n) is 9.40. The molecule has 1 unspecified atom stereocenters. The van der Waals surface area contributed by atoms with E-state index in [1.807, 2.05) is 37.3 Å². The Morgan fingerprint density at radius 2 is 1.71 bits per heavy atom. The Hall–Kier alpha value is -3.06. The predicted octanol–water partition coefficient (Wildman–Crippen LogP) is 5.90. The molecule has 0 saturated heterocycles. The van der Waals surface area contributed by atoms with Gasteiger partial charge < -0.3 is 10.4 Å². The van der Waals surface area contributed by atoms with Crippen LogP contribution in [0.5, 0.6) is 0 Å². The predicted molar refractivity (Wildman–Crippen MR) is 134 cm³/mol. The number of anilines is 1. The molecule has 1 aromatic heterocycles. The van der Waals surface area contributed by atoms with Crippen molar-refractivity contribution in [3.05, 3.63) is 76.3 Å². The summed E-state index contributed by atoms with van der Waals surface area (Å²) < 4.78 is 0. The quantitative estimate of drug-likeness (QED) is 0.401. The van der Waals surface area contributed by atoms with Crippen LogP contribution in [-0.4, -0.2) is 27.2 Å². The number of aromatic nitrogens is 2. The Balaban J connectivity index is 1.83. The molecule has 1 amide bonds.